The Morgan fingerprint density at radius 2 is 2.04 bits per heavy atom. The molecule has 26 heavy (non-hydrogen) atoms. The monoisotopic (exact) mass is 486 g/mol. The highest BCUT2D eigenvalue weighted by Gasteiger charge is 2.04. The summed E-state index contributed by atoms with van der Waals surface area (Å²) in [5, 5.41) is 11.4. The third-order valence-corrected chi connectivity index (χ3v) is 4.82. The number of rotatable bonds is 7. The maximum atomic E-state index is 11.7. The number of aliphatic imine (C=N–C) groups is 1. The lowest BCUT2D eigenvalue weighted by molar-refractivity contribution is 0.0963. The van der Waals surface area contributed by atoms with Crippen molar-refractivity contribution in [2.24, 2.45) is 4.99 Å². The SMILES string of the molecule is CCNC(=NCc1sccc1C)NCCc1cccc(C(=O)NC)c1.I. The maximum absolute atomic E-state index is 11.7. The molecule has 0 fully saturated rings. The third kappa shape index (κ3) is 6.95. The Morgan fingerprint density at radius 3 is 2.69 bits per heavy atom. The topological polar surface area (TPSA) is 65.5 Å². The summed E-state index contributed by atoms with van der Waals surface area (Å²) in [5.41, 5.74) is 3.10. The highest BCUT2D eigenvalue weighted by molar-refractivity contribution is 14.0. The van der Waals surface area contributed by atoms with Crippen LogP contribution in [-0.2, 0) is 13.0 Å². The van der Waals surface area contributed by atoms with Crippen molar-refractivity contribution in [1.82, 2.24) is 16.0 Å². The van der Waals surface area contributed by atoms with Gasteiger partial charge in [0.2, 0.25) is 0 Å². The van der Waals surface area contributed by atoms with E-state index in [1.165, 1.54) is 10.4 Å². The van der Waals surface area contributed by atoms with Crippen molar-refractivity contribution in [3.8, 4) is 0 Å². The molecule has 2 rings (SSSR count). The average Bonchev–Trinajstić information content (AvgIpc) is 3.04. The molecule has 3 N–H and O–H groups in total. The quantitative estimate of drug-likeness (QED) is 0.320. The van der Waals surface area contributed by atoms with E-state index in [2.05, 4.69) is 46.2 Å². The molecule has 0 spiro atoms. The minimum Gasteiger partial charge on any atom is -0.357 e. The molecular weight excluding hydrogens is 459 g/mol. The van der Waals surface area contributed by atoms with Crippen LogP contribution in [0.15, 0.2) is 40.7 Å². The molecule has 0 saturated carbocycles. The van der Waals surface area contributed by atoms with Gasteiger partial charge in [-0.15, -0.1) is 35.3 Å². The standard InChI is InChI=1S/C19H26N4OS.HI/c1-4-21-19(23-13-17-14(2)9-11-25-17)22-10-8-15-6-5-7-16(12-15)18(24)20-3;/h5-7,9,11-12H,4,8,10,13H2,1-3H3,(H,20,24)(H2,21,22,23);1H. The molecular formula is C19H27IN4OS. The molecule has 0 atom stereocenters. The second-order valence-corrected chi connectivity index (χ2v) is 6.68. The Kier molecular flexibility index (Phi) is 10.3. The minimum absolute atomic E-state index is 0. The molecule has 1 amide bonds. The second kappa shape index (κ2) is 11.9. The summed E-state index contributed by atoms with van der Waals surface area (Å²) in [6, 6.07) is 9.82. The van der Waals surface area contributed by atoms with Gasteiger partial charge in [-0.05, 0) is 55.0 Å². The predicted molar refractivity (Wildman–Crippen MR) is 121 cm³/mol. The highest BCUT2D eigenvalue weighted by Crippen LogP contribution is 2.16. The number of hydrogen-bond donors (Lipinski definition) is 3. The molecule has 2 aromatic rings. The van der Waals surface area contributed by atoms with Crippen molar-refractivity contribution in [3.63, 3.8) is 0 Å². The van der Waals surface area contributed by atoms with Crippen molar-refractivity contribution in [2.75, 3.05) is 20.1 Å². The van der Waals surface area contributed by atoms with Crippen molar-refractivity contribution in [3.05, 3.63) is 57.3 Å². The van der Waals surface area contributed by atoms with Gasteiger partial charge in [0.25, 0.3) is 5.91 Å². The van der Waals surface area contributed by atoms with Crippen LogP contribution < -0.4 is 16.0 Å². The smallest absolute Gasteiger partial charge is 0.251 e. The Balaban J connectivity index is 0.00000338. The molecule has 0 aliphatic rings. The molecule has 0 bridgehead atoms. The van der Waals surface area contributed by atoms with Gasteiger partial charge in [0.15, 0.2) is 5.96 Å². The number of nitrogens with one attached hydrogen (secondary N) is 3. The lowest BCUT2D eigenvalue weighted by Crippen LogP contribution is -2.38. The van der Waals surface area contributed by atoms with Gasteiger partial charge in [-0.25, -0.2) is 4.99 Å². The van der Waals surface area contributed by atoms with E-state index < -0.39 is 0 Å². The number of thiophene rings is 1. The summed E-state index contributed by atoms with van der Waals surface area (Å²) in [6.45, 7) is 6.43. The first-order valence-electron chi connectivity index (χ1n) is 8.50. The molecule has 1 heterocycles. The zero-order chi connectivity index (χ0) is 18.1. The summed E-state index contributed by atoms with van der Waals surface area (Å²) < 4.78 is 0. The van der Waals surface area contributed by atoms with Gasteiger partial charge >= 0.3 is 0 Å². The predicted octanol–water partition coefficient (Wildman–Crippen LogP) is 3.33. The summed E-state index contributed by atoms with van der Waals surface area (Å²) in [6.07, 6.45) is 0.827. The van der Waals surface area contributed by atoms with Crippen LogP contribution in [0.1, 0.15) is 33.3 Å². The van der Waals surface area contributed by atoms with Gasteiger partial charge in [0, 0.05) is 30.6 Å². The number of halogens is 1. The number of amides is 1. The number of guanidine groups is 1. The van der Waals surface area contributed by atoms with Crippen LogP contribution in [-0.4, -0.2) is 32.0 Å². The van der Waals surface area contributed by atoms with Crippen LogP contribution >= 0.6 is 35.3 Å². The molecule has 5 nitrogen and oxygen atoms in total. The third-order valence-electron chi connectivity index (χ3n) is 3.82. The number of nitrogens with zero attached hydrogens (tertiary/aromatic N) is 1. The average molecular weight is 486 g/mol. The largest absolute Gasteiger partial charge is 0.357 e. The lowest BCUT2D eigenvalue weighted by atomic mass is 10.1. The first-order chi connectivity index (χ1) is 12.1. The van der Waals surface area contributed by atoms with Crippen LogP contribution in [0.5, 0.6) is 0 Å². The first kappa shape index (κ1) is 22.4. The van der Waals surface area contributed by atoms with E-state index in [0.717, 1.165) is 31.0 Å². The van der Waals surface area contributed by atoms with E-state index in [9.17, 15) is 4.79 Å². The number of carbonyl (C=O) groups is 1. The first-order valence-corrected chi connectivity index (χ1v) is 9.38. The van der Waals surface area contributed by atoms with Crippen LogP contribution in [0.25, 0.3) is 0 Å². The molecule has 142 valence electrons. The van der Waals surface area contributed by atoms with E-state index in [1.54, 1.807) is 18.4 Å². The fraction of sp³-hybridized carbons (Fsp3) is 0.368. The Morgan fingerprint density at radius 1 is 1.23 bits per heavy atom. The van der Waals surface area contributed by atoms with Crippen LogP contribution in [0.3, 0.4) is 0 Å². The summed E-state index contributed by atoms with van der Waals surface area (Å²) in [4.78, 5) is 17.6. The summed E-state index contributed by atoms with van der Waals surface area (Å²) >= 11 is 1.74. The van der Waals surface area contributed by atoms with Crippen molar-refractivity contribution in [1.29, 1.82) is 0 Å². The normalized spacial score (nSPS) is 10.8. The summed E-state index contributed by atoms with van der Waals surface area (Å²) in [5.74, 6) is 0.758. The zero-order valence-corrected chi connectivity index (χ0v) is 18.6. The van der Waals surface area contributed by atoms with E-state index in [0.29, 0.717) is 12.1 Å². The van der Waals surface area contributed by atoms with E-state index in [-0.39, 0.29) is 29.9 Å². The van der Waals surface area contributed by atoms with Crippen molar-refractivity contribution < 1.29 is 4.79 Å². The Labute approximate surface area is 176 Å². The van der Waals surface area contributed by atoms with Gasteiger partial charge in [-0.2, -0.15) is 0 Å². The van der Waals surface area contributed by atoms with Gasteiger partial charge in [-0.1, -0.05) is 12.1 Å². The lowest BCUT2D eigenvalue weighted by Gasteiger charge is -2.11. The molecule has 0 saturated heterocycles. The number of hydrogen-bond acceptors (Lipinski definition) is 3. The van der Waals surface area contributed by atoms with E-state index in [1.807, 2.05) is 24.3 Å². The highest BCUT2D eigenvalue weighted by atomic mass is 127. The minimum atomic E-state index is -0.0592. The molecule has 0 aliphatic heterocycles. The Bertz CT molecular complexity index is 730. The van der Waals surface area contributed by atoms with Gasteiger partial charge < -0.3 is 16.0 Å². The van der Waals surface area contributed by atoms with E-state index >= 15 is 0 Å². The molecule has 7 heteroatoms. The maximum Gasteiger partial charge on any atom is 0.251 e. The summed E-state index contributed by atoms with van der Waals surface area (Å²) in [7, 11) is 1.64. The molecule has 0 aliphatic carbocycles. The number of carbonyl (C=O) groups excluding carboxylic acids is 1. The fourth-order valence-corrected chi connectivity index (χ4v) is 3.23. The molecule has 0 unspecified atom stereocenters. The van der Waals surface area contributed by atoms with Gasteiger partial charge in [0.1, 0.15) is 0 Å². The molecule has 1 aromatic heterocycles. The van der Waals surface area contributed by atoms with Gasteiger partial charge in [-0.3, -0.25) is 4.79 Å². The molecule has 1 aromatic carbocycles. The van der Waals surface area contributed by atoms with E-state index in [4.69, 9.17) is 0 Å². The van der Waals surface area contributed by atoms with Gasteiger partial charge in [0.05, 0.1) is 6.54 Å². The van der Waals surface area contributed by atoms with Crippen LogP contribution in [0.4, 0.5) is 0 Å². The van der Waals surface area contributed by atoms with Crippen LogP contribution in [0, 0.1) is 6.92 Å². The zero-order valence-electron chi connectivity index (χ0n) is 15.5. The fourth-order valence-electron chi connectivity index (χ4n) is 2.40. The Hall–Kier alpha value is -1.61. The second-order valence-electron chi connectivity index (χ2n) is 5.68. The molecule has 0 radical (unpaired) electrons. The van der Waals surface area contributed by atoms with Crippen molar-refractivity contribution >= 4 is 47.2 Å². The van der Waals surface area contributed by atoms with Crippen molar-refractivity contribution in [2.45, 2.75) is 26.8 Å². The van der Waals surface area contributed by atoms with Crippen LogP contribution in [0.2, 0.25) is 0 Å². The number of aryl methyl sites for hydroxylation is 1. The number of benzene rings is 1.